The van der Waals surface area contributed by atoms with Crippen molar-refractivity contribution >= 4 is 39.8 Å². The van der Waals surface area contributed by atoms with Crippen molar-refractivity contribution in [2.75, 3.05) is 0 Å². The Morgan fingerprint density at radius 1 is 1.33 bits per heavy atom. The second kappa shape index (κ2) is 4.28. The van der Waals surface area contributed by atoms with Crippen molar-refractivity contribution in [2.45, 2.75) is 0 Å². The molecule has 0 bridgehead atoms. The molecule has 1 aromatic carbocycles. The van der Waals surface area contributed by atoms with Gasteiger partial charge < -0.3 is 5.73 Å². The topological polar surface area (TPSA) is 43.8 Å². The number of aromatic nitrogens is 2. The van der Waals surface area contributed by atoms with Gasteiger partial charge in [-0.15, -0.1) is 0 Å². The van der Waals surface area contributed by atoms with Crippen LogP contribution in [0.1, 0.15) is 5.56 Å². The zero-order valence-corrected chi connectivity index (χ0v) is 10.7. The van der Waals surface area contributed by atoms with Crippen molar-refractivity contribution in [1.82, 2.24) is 9.78 Å². The highest BCUT2D eigenvalue weighted by Crippen LogP contribution is 2.11. The zero-order valence-electron chi connectivity index (χ0n) is 7.72. The van der Waals surface area contributed by atoms with Crippen molar-refractivity contribution in [3.05, 3.63) is 45.8 Å². The van der Waals surface area contributed by atoms with E-state index in [4.69, 9.17) is 18.0 Å². The molecular weight excluding hydrogens is 321 g/mol. The first-order chi connectivity index (χ1) is 7.16. The zero-order chi connectivity index (χ0) is 10.8. The van der Waals surface area contributed by atoms with E-state index in [1.165, 1.54) is 0 Å². The minimum atomic E-state index is 0.414. The van der Waals surface area contributed by atoms with Crippen LogP contribution in [0.2, 0.25) is 0 Å². The third-order valence-electron chi connectivity index (χ3n) is 1.97. The Kier molecular flexibility index (Phi) is 3.01. The smallest absolute Gasteiger partial charge is 0.103 e. The number of nitrogens with zero attached hydrogens (tertiary/aromatic N) is 2. The molecule has 0 unspecified atom stereocenters. The fraction of sp³-hybridized carbons (Fsp3) is 0. The van der Waals surface area contributed by atoms with Crippen LogP contribution in [0.5, 0.6) is 0 Å². The Balaban J connectivity index is 2.35. The van der Waals surface area contributed by atoms with E-state index in [1.807, 2.05) is 41.3 Å². The Morgan fingerprint density at radius 2 is 2.00 bits per heavy atom. The number of hydrogen-bond donors (Lipinski definition) is 1. The van der Waals surface area contributed by atoms with E-state index in [0.717, 1.165) is 14.8 Å². The van der Waals surface area contributed by atoms with E-state index >= 15 is 0 Å². The summed E-state index contributed by atoms with van der Waals surface area (Å²) in [5.41, 5.74) is 7.38. The molecule has 0 atom stereocenters. The third-order valence-corrected chi connectivity index (χ3v) is 2.76. The summed E-state index contributed by atoms with van der Waals surface area (Å²) in [4.78, 5) is 0.414. The molecule has 0 spiro atoms. The standard InChI is InChI=1S/C10H8IN3S/c11-8-5-13-14(6-8)9-3-1-7(2-4-9)10(12)15/h1-6H,(H2,12,15). The second-order valence-corrected chi connectivity index (χ2v) is 4.70. The van der Waals surface area contributed by atoms with Gasteiger partial charge in [0.1, 0.15) is 4.99 Å². The largest absolute Gasteiger partial charge is 0.389 e. The minimum absolute atomic E-state index is 0.414. The van der Waals surface area contributed by atoms with Crippen LogP contribution in [-0.2, 0) is 0 Å². The van der Waals surface area contributed by atoms with Crippen LogP contribution < -0.4 is 5.73 Å². The van der Waals surface area contributed by atoms with Gasteiger partial charge in [-0.1, -0.05) is 12.2 Å². The highest BCUT2D eigenvalue weighted by Gasteiger charge is 2.00. The van der Waals surface area contributed by atoms with Crippen LogP contribution in [0.25, 0.3) is 5.69 Å². The first kappa shape index (κ1) is 10.6. The Bertz CT molecular complexity index is 490. The molecule has 0 fully saturated rings. The molecule has 15 heavy (non-hydrogen) atoms. The summed E-state index contributed by atoms with van der Waals surface area (Å²) in [7, 11) is 0. The van der Waals surface area contributed by atoms with Crippen LogP contribution in [0, 0.1) is 3.57 Å². The van der Waals surface area contributed by atoms with Crippen molar-refractivity contribution in [1.29, 1.82) is 0 Å². The van der Waals surface area contributed by atoms with E-state index in [9.17, 15) is 0 Å². The lowest BCUT2D eigenvalue weighted by molar-refractivity contribution is 0.880. The summed E-state index contributed by atoms with van der Waals surface area (Å²) in [5, 5.41) is 4.21. The van der Waals surface area contributed by atoms with Gasteiger partial charge in [0.25, 0.3) is 0 Å². The van der Waals surface area contributed by atoms with Gasteiger partial charge in [0.05, 0.1) is 15.5 Å². The predicted octanol–water partition coefficient (Wildman–Crippen LogP) is 2.11. The average Bonchev–Trinajstić information content (AvgIpc) is 2.65. The number of rotatable bonds is 2. The summed E-state index contributed by atoms with van der Waals surface area (Å²) in [6, 6.07) is 7.67. The van der Waals surface area contributed by atoms with Crippen LogP contribution in [0.3, 0.4) is 0 Å². The maximum Gasteiger partial charge on any atom is 0.103 e. The number of benzene rings is 1. The quantitative estimate of drug-likeness (QED) is 0.678. The number of hydrogen-bond acceptors (Lipinski definition) is 2. The third kappa shape index (κ3) is 2.35. The molecule has 1 heterocycles. The Morgan fingerprint density at radius 3 is 2.47 bits per heavy atom. The van der Waals surface area contributed by atoms with Crippen molar-refractivity contribution < 1.29 is 0 Å². The summed E-state index contributed by atoms with van der Waals surface area (Å²) < 4.78 is 2.91. The highest BCUT2D eigenvalue weighted by molar-refractivity contribution is 14.1. The maximum absolute atomic E-state index is 5.51. The molecule has 3 nitrogen and oxygen atoms in total. The van der Waals surface area contributed by atoms with E-state index in [-0.39, 0.29) is 0 Å². The summed E-state index contributed by atoms with van der Waals surface area (Å²) in [6.45, 7) is 0. The fourth-order valence-corrected chi connectivity index (χ4v) is 1.74. The molecule has 0 radical (unpaired) electrons. The first-order valence-corrected chi connectivity index (χ1v) is 5.76. The molecule has 0 saturated carbocycles. The summed E-state index contributed by atoms with van der Waals surface area (Å²) in [6.07, 6.45) is 3.76. The lowest BCUT2D eigenvalue weighted by Gasteiger charge is -2.02. The Hall–Kier alpha value is -0.950. The first-order valence-electron chi connectivity index (χ1n) is 4.27. The number of thiocarbonyl (C=S) groups is 1. The molecule has 0 aliphatic rings. The summed E-state index contributed by atoms with van der Waals surface area (Å²) >= 11 is 7.10. The van der Waals surface area contributed by atoms with Gasteiger partial charge in [0.2, 0.25) is 0 Å². The van der Waals surface area contributed by atoms with Crippen molar-refractivity contribution in [3.8, 4) is 5.69 Å². The molecule has 1 aromatic heterocycles. The monoisotopic (exact) mass is 329 g/mol. The summed E-state index contributed by atoms with van der Waals surface area (Å²) in [5.74, 6) is 0. The molecule has 76 valence electrons. The lowest BCUT2D eigenvalue weighted by atomic mass is 10.2. The van der Waals surface area contributed by atoms with E-state index in [1.54, 1.807) is 0 Å². The molecule has 2 rings (SSSR count). The van der Waals surface area contributed by atoms with Gasteiger partial charge >= 0.3 is 0 Å². The molecule has 0 amide bonds. The molecule has 5 heteroatoms. The number of halogens is 1. The molecule has 2 N–H and O–H groups in total. The van der Waals surface area contributed by atoms with Crippen LogP contribution >= 0.6 is 34.8 Å². The van der Waals surface area contributed by atoms with Gasteiger partial charge in [-0.05, 0) is 46.9 Å². The van der Waals surface area contributed by atoms with Crippen LogP contribution in [0.4, 0.5) is 0 Å². The van der Waals surface area contributed by atoms with Gasteiger partial charge in [-0.3, -0.25) is 0 Å². The normalized spacial score (nSPS) is 10.2. The molecular formula is C10H8IN3S. The van der Waals surface area contributed by atoms with Crippen molar-refractivity contribution in [3.63, 3.8) is 0 Å². The fourth-order valence-electron chi connectivity index (χ4n) is 1.22. The Labute approximate surface area is 106 Å². The van der Waals surface area contributed by atoms with E-state index in [0.29, 0.717) is 4.99 Å². The molecule has 0 saturated heterocycles. The molecule has 2 aromatic rings. The van der Waals surface area contributed by atoms with Gasteiger partial charge in [0, 0.05) is 11.8 Å². The van der Waals surface area contributed by atoms with Crippen LogP contribution in [0.15, 0.2) is 36.7 Å². The van der Waals surface area contributed by atoms with Crippen LogP contribution in [-0.4, -0.2) is 14.8 Å². The minimum Gasteiger partial charge on any atom is -0.389 e. The van der Waals surface area contributed by atoms with Gasteiger partial charge in [-0.2, -0.15) is 5.10 Å². The number of nitrogens with two attached hydrogens (primary N) is 1. The van der Waals surface area contributed by atoms with Gasteiger partial charge in [0.15, 0.2) is 0 Å². The van der Waals surface area contributed by atoms with Crippen molar-refractivity contribution in [2.24, 2.45) is 5.73 Å². The van der Waals surface area contributed by atoms with E-state index in [2.05, 4.69) is 27.7 Å². The van der Waals surface area contributed by atoms with E-state index < -0.39 is 0 Å². The maximum atomic E-state index is 5.51. The second-order valence-electron chi connectivity index (χ2n) is 3.01. The SMILES string of the molecule is NC(=S)c1ccc(-n2cc(I)cn2)cc1. The predicted molar refractivity (Wildman–Crippen MR) is 72.2 cm³/mol. The molecule has 0 aliphatic heterocycles. The lowest BCUT2D eigenvalue weighted by Crippen LogP contribution is -2.09. The molecule has 0 aliphatic carbocycles. The van der Waals surface area contributed by atoms with Gasteiger partial charge in [-0.25, -0.2) is 4.68 Å². The highest BCUT2D eigenvalue weighted by atomic mass is 127. The average molecular weight is 329 g/mol.